The number of hydrogen-bond donors (Lipinski definition) is 2. The molecular weight excluding hydrogens is 277 g/mol. The Balaban J connectivity index is 1.69. The summed E-state index contributed by atoms with van der Waals surface area (Å²) in [5, 5.41) is 11.8. The first-order valence-corrected chi connectivity index (χ1v) is 6.65. The minimum Gasteiger partial charge on any atom is -0.481 e. The van der Waals surface area contributed by atoms with Crippen LogP contribution in [-0.2, 0) is 20.9 Å². The Morgan fingerprint density at radius 3 is 2.52 bits per heavy atom. The van der Waals surface area contributed by atoms with Crippen molar-refractivity contribution in [1.29, 1.82) is 0 Å². The molecule has 0 spiro atoms. The summed E-state index contributed by atoms with van der Waals surface area (Å²) in [6.07, 6.45) is 2.30. The minimum absolute atomic E-state index is 0.0233. The van der Waals surface area contributed by atoms with Crippen molar-refractivity contribution < 1.29 is 23.8 Å². The molecular formula is C15H14FNO4. The maximum absolute atomic E-state index is 13.5. The van der Waals surface area contributed by atoms with E-state index in [1.54, 1.807) is 30.4 Å². The van der Waals surface area contributed by atoms with E-state index in [4.69, 9.17) is 4.74 Å². The Labute approximate surface area is 120 Å². The van der Waals surface area contributed by atoms with Gasteiger partial charge in [0, 0.05) is 12.1 Å². The van der Waals surface area contributed by atoms with Crippen LogP contribution in [0.5, 0.6) is 0 Å². The van der Waals surface area contributed by atoms with Crippen molar-refractivity contribution >= 4 is 11.9 Å². The van der Waals surface area contributed by atoms with Gasteiger partial charge in [-0.05, 0) is 6.07 Å². The molecule has 4 atom stereocenters. The molecule has 2 bridgehead atoms. The fourth-order valence-corrected chi connectivity index (χ4v) is 2.86. The number of rotatable bonds is 4. The Hall–Kier alpha value is -2.21. The number of fused-ring (bicyclic) bond motifs is 2. The van der Waals surface area contributed by atoms with Gasteiger partial charge in [-0.3, -0.25) is 9.59 Å². The maximum atomic E-state index is 13.5. The van der Waals surface area contributed by atoms with E-state index >= 15 is 0 Å². The van der Waals surface area contributed by atoms with E-state index in [1.165, 1.54) is 6.07 Å². The number of ether oxygens (including phenoxy) is 1. The topological polar surface area (TPSA) is 75.6 Å². The Kier molecular flexibility index (Phi) is 3.47. The molecule has 6 heteroatoms. The maximum Gasteiger partial charge on any atom is 0.310 e. The molecule has 0 saturated carbocycles. The van der Waals surface area contributed by atoms with E-state index in [-0.39, 0.29) is 6.54 Å². The van der Waals surface area contributed by atoms with Gasteiger partial charge in [-0.1, -0.05) is 30.4 Å². The van der Waals surface area contributed by atoms with E-state index in [2.05, 4.69) is 5.32 Å². The van der Waals surface area contributed by atoms with Crippen molar-refractivity contribution in [2.45, 2.75) is 18.8 Å². The van der Waals surface area contributed by atoms with Crippen LogP contribution < -0.4 is 5.32 Å². The predicted molar refractivity (Wildman–Crippen MR) is 70.7 cm³/mol. The normalized spacial score (nSPS) is 29.6. The third-order valence-electron chi connectivity index (χ3n) is 3.90. The molecule has 5 nitrogen and oxygen atoms in total. The number of halogens is 1. The van der Waals surface area contributed by atoms with Crippen LogP contribution in [-0.4, -0.2) is 29.2 Å². The number of nitrogens with one attached hydrogen (secondary N) is 1. The highest BCUT2D eigenvalue weighted by Crippen LogP contribution is 2.39. The lowest BCUT2D eigenvalue weighted by molar-refractivity contribution is -0.146. The summed E-state index contributed by atoms with van der Waals surface area (Å²) in [7, 11) is 0. The van der Waals surface area contributed by atoms with Crippen LogP contribution in [0.3, 0.4) is 0 Å². The van der Waals surface area contributed by atoms with Crippen LogP contribution in [0.15, 0.2) is 36.4 Å². The van der Waals surface area contributed by atoms with Crippen LogP contribution in [0.4, 0.5) is 4.39 Å². The first-order chi connectivity index (χ1) is 10.1. The van der Waals surface area contributed by atoms with Crippen molar-refractivity contribution in [1.82, 2.24) is 5.32 Å². The highest BCUT2D eigenvalue weighted by molar-refractivity contribution is 5.87. The molecule has 4 unspecified atom stereocenters. The molecule has 110 valence electrons. The number of hydrogen-bond acceptors (Lipinski definition) is 3. The van der Waals surface area contributed by atoms with Crippen molar-refractivity contribution in [3.63, 3.8) is 0 Å². The average molecular weight is 291 g/mol. The van der Waals surface area contributed by atoms with Gasteiger partial charge in [0.15, 0.2) is 0 Å². The van der Waals surface area contributed by atoms with E-state index in [0.29, 0.717) is 5.56 Å². The first-order valence-electron chi connectivity index (χ1n) is 6.65. The lowest BCUT2D eigenvalue weighted by Gasteiger charge is -2.21. The molecule has 1 aromatic rings. The van der Waals surface area contributed by atoms with E-state index < -0.39 is 41.7 Å². The van der Waals surface area contributed by atoms with Gasteiger partial charge >= 0.3 is 5.97 Å². The van der Waals surface area contributed by atoms with Gasteiger partial charge < -0.3 is 15.2 Å². The number of benzene rings is 1. The quantitative estimate of drug-likeness (QED) is 0.814. The molecule has 1 saturated heterocycles. The largest absolute Gasteiger partial charge is 0.481 e. The molecule has 3 rings (SSSR count). The van der Waals surface area contributed by atoms with Crippen LogP contribution in [0.1, 0.15) is 5.56 Å². The third kappa shape index (κ3) is 2.42. The zero-order valence-electron chi connectivity index (χ0n) is 11.0. The fraction of sp³-hybridized carbons (Fsp3) is 0.333. The van der Waals surface area contributed by atoms with Crippen molar-refractivity contribution in [3.8, 4) is 0 Å². The molecule has 1 aromatic carbocycles. The SMILES string of the molecule is O=C(O)C1C2C=CC(O2)C1C(=O)NCc1ccccc1F. The summed E-state index contributed by atoms with van der Waals surface area (Å²) in [5.41, 5.74) is 0.359. The smallest absolute Gasteiger partial charge is 0.310 e. The van der Waals surface area contributed by atoms with Gasteiger partial charge in [0.1, 0.15) is 11.7 Å². The highest BCUT2D eigenvalue weighted by Gasteiger charge is 2.53. The molecule has 2 aliphatic rings. The van der Waals surface area contributed by atoms with E-state index in [1.807, 2.05) is 0 Å². The van der Waals surface area contributed by atoms with Crippen molar-refractivity contribution in [2.75, 3.05) is 0 Å². The number of carboxylic acid groups (broad SMARTS) is 1. The Morgan fingerprint density at radius 1 is 1.19 bits per heavy atom. The van der Waals surface area contributed by atoms with Gasteiger partial charge in [0.25, 0.3) is 0 Å². The second kappa shape index (κ2) is 5.29. The Bertz CT molecular complexity index is 615. The van der Waals surface area contributed by atoms with Crippen LogP contribution >= 0.6 is 0 Å². The molecule has 0 radical (unpaired) electrons. The number of carbonyl (C=O) groups is 2. The molecule has 1 fully saturated rings. The summed E-state index contributed by atoms with van der Waals surface area (Å²) in [6.45, 7) is 0.0233. The second-order valence-corrected chi connectivity index (χ2v) is 5.15. The molecule has 0 aliphatic carbocycles. The molecule has 2 heterocycles. The number of amides is 1. The number of carboxylic acids is 1. The van der Waals surface area contributed by atoms with Crippen molar-refractivity contribution in [3.05, 3.63) is 47.8 Å². The number of carbonyl (C=O) groups excluding carboxylic acids is 1. The molecule has 2 N–H and O–H groups in total. The van der Waals surface area contributed by atoms with Gasteiger partial charge in [0.2, 0.25) is 5.91 Å². The monoisotopic (exact) mass is 291 g/mol. The predicted octanol–water partition coefficient (Wildman–Crippen LogP) is 1.10. The van der Waals surface area contributed by atoms with Crippen LogP contribution in [0.25, 0.3) is 0 Å². The van der Waals surface area contributed by atoms with Gasteiger partial charge in [0.05, 0.1) is 18.1 Å². The van der Waals surface area contributed by atoms with E-state index in [9.17, 15) is 19.1 Å². The molecule has 1 amide bonds. The highest BCUT2D eigenvalue weighted by atomic mass is 19.1. The first kappa shape index (κ1) is 13.8. The van der Waals surface area contributed by atoms with Gasteiger partial charge in [-0.15, -0.1) is 0 Å². The lowest BCUT2D eigenvalue weighted by Crippen LogP contribution is -2.42. The van der Waals surface area contributed by atoms with Crippen molar-refractivity contribution in [2.24, 2.45) is 11.8 Å². The third-order valence-corrected chi connectivity index (χ3v) is 3.90. The lowest BCUT2D eigenvalue weighted by atomic mass is 9.82. The summed E-state index contributed by atoms with van der Waals surface area (Å²) < 4.78 is 18.9. The number of aliphatic carboxylic acids is 1. The molecule has 0 aromatic heterocycles. The van der Waals surface area contributed by atoms with E-state index in [0.717, 1.165) is 0 Å². The summed E-state index contributed by atoms with van der Waals surface area (Å²) >= 11 is 0. The fourth-order valence-electron chi connectivity index (χ4n) is 2.86. The molecule has 21 heavy (non-hydrogen) atoms. The second-order valence-electron chi connectivity index (χ2n) is 5.15. The average Bonchev–Trinajstić information content (AvgIpc) is 3.06. The molecule has 2 aliphatic heterocycles. The van der Waals surface area contributed by atoms with Crippen LogP contribution in [0, 0.1) is 17.7 Å². The zero-order valence-corrected chi connectivity index (χ0v) is 11.0. The van der Waals surface area contributed by atoms with Gasteiger partial charge in [-0.2, -0.15) is 0 Å². The Morgan fingerprint density at radius 2 is 1.86 bits per heavy atom. The standard InChI is InChI=1S/C15H14FNO4/c16-9-4-2-1-3-8(9)7-17-14(18)12-10-5-6-11(21-10)13(12)15(19)20/h1-6,10-13H,7H2,(H,17,18)(H,19,20). The zero-order chi connectivity index (χ0) is 15.0. The summed E-state index contributed by atoms with van der Waals surface area (Å²) in [5.74, 6) is -3.55. The van der Waals surface area contributed by atoms with Crippen LogP contribution in [0.2, 0.25) is 0 Å². The minimum atomic E-state index is -1.06. The van der Waals surface area contributed by atoms with Gasteiger partial charge in [-0.25, -0.2) is 4.39 Å². The summed E-state index contributed by atoms with van der Waals surface area (Å²) in [6, 6.07) is 6.12. The summed E-state index contributed by atoms with van der Waals surface area (Å²) in [4.78, 5) is 23.5.